The number of nitrogens with one attached hydrogen (secondary N) is 1. The highest BCUT2D eigenvalue weighted by molar-refractivity contribution is 6.29. The minimum Gasteiger partial charge on any atom is -0.360 e. The molecule has 0 fully saturated rings. The van der Waals surface area contributed by atoms with E-state index in [0.717, 1.165) is 0 Å². The van der Waals surface area contributed by atoms with Crippen LogP contribution in [-0.4, -0.2) is 4.98 Å². The van der Waals surface area contributed by atoms with Gasteiger partial charge in [-0.3, -0.25) is 0 Å². The molecule has 5 heteroatoms. The first-order valence-corrected chi connectivity index (χ1v) is 4.02. The maximum atomic E-state index is 8.44. The summed E-state index contributed by atoms with van der Waals surface area (Å²) in [5, 5.41) is 20.0. The zero-order valence-electron chi connectivity index (χ0n) is 7.03. The smallest absolute Gasteiger partial charge is 0.145 e. The van der Waals surface area contributed by atoms with E-state index in [2.05, 4.69) is 10.3 Å². The molecule has 0 aliphatic carbocycles. The molecule has 0 amide bonds. The third-order valence-corrected chi connectivity index (χ3v) is 1.56. The van der Waals surface area contributed by atoms with Gasteiger partial charge in [-0.2, -0.15) is 10.5 Å². The largest absolute Gasteiger partial charge is 0.360 e. The Morgan fingerprint density at radius 1 is 1.50 bits per heavy atom. The highest BCUT2D eigenvalue weighted by Gasteiger charge is 1.93. The monoisotopic (exact) mass is 204 g/mol. The van der Waals surface area contributed by atoms with Gasteiger partial charge in [0.15, 0.2) is 0 Å². The van der Waals surface area contributed by atoms with Crippen LogP contribution in [0.1, 0.15) is 0 Å². The Balaban J connectivity index is 2.77. The van der Waals surface area contributed by atoms with Crippen molar-refractivity contribution in [3.8, 4) is 12.1 Å². The van der Waals surface area contributed by atoms with Crippen molar-refractivity contribution in [1.29, 1.82) is 10.5 Å². The number of anilines is 1. The van der Waals surface area contributed by atoms with E-state index in [1.807, 2.05) is 0 Å². The minimum atomic E-state index is -0.00191. The first-order chi connectivity index (χ1) is 6.76. The van der Waals surface area contributed by atoms with Crippen LogP contribution in [0.3, 0.4) is 0 Å². The standard InChI is InChI=1S/C9H5ClN4/c10-9-3-8(1-2-13-9)14-6-7(4-11)5-12/h1-3,6H,(H,13,14). The summed E-state index contributed by atoms with van der Waals surface area (Å²) in [6.07, 6.45) is 2.84. The topological polar surface area (TPSA) is 72.5 Å². The van der Waals surface area contributed by atoms with Gasteiger partial charge < -0.3 is 5.32 Å². The number of hydrogen-bond acceptors (Lipinski definition) is 4. The lowest BCUT2D eigenvalue weighted by Gasteiger charge is -1.98. The average molecular weight is 205 g/mol. The van der Waals surface area contributed by atoms with Crippen LogP contribution in [0.5, 0.6) is 0 Å². The lowest BCUT2D eigenvalue weighted by atomic mass is 10.3. The first-order valence-electron chi connectivity index (χ1n) is 3.64. The Labute approximate surface area is 86.1 Å². The van der Waals surface area contributed by atoms with Gasteiger partial charge in [0.25, 0.3) is 0 Å². The predicted octanol–water partition coefficient (Wildman–Crippen LogP) is 2.08. The lowest BCUT2D eigenvalue weighted by molar-refractivity contribution is 1.32. The second-order valence-electron chi connectivity index (χ2n) is 2.29. The number of halogens is 1. The van der Waals surface area contributed by atoms with Crippen molar-refractivity contribution in [2.75, 3.05) is 5.32 Å². The van der Waals surface area contributed by atoms with E-state index >= 15 is 0 Å². The van der Waals surface area contributed by atoms with Crippen LogP contribution < -0.4 is 5.32 Å². The molecule has 4 nitrogen and oxygen atoms in total. The molecule has 0 unspecified atom stereocenters. The lowest BCUT2D eigenvalue weighted by Crippen LogP contribution is -1.90. The summed E-state index contributed by atoms with van der Waals surface area (Å²) in [6, 6.07) is 6.71. The third-order valence-electron chi connectivity index (χ3n) is 1.35. The van der Waals surface area contributed by atoms with Crippen molar-refractivity contribution in [3.63, 3.8) is 0 Å². The van der Waals surface area contributed by atoms with Crippen LogP contribution >= 0.6 is 11.6 Å². The number of pyridine rings is 1. The zero-order chi connectivity index (χ0) is 10.4. The van der Waals surface area contributed by atoms with Crippen LogP contribution in [0.15, 0.2) is 30.1 Å². The van der Waals surface area contributed by atoms with Crippen molar-refractivity contribution in [3.05, 3.63) is 35.3 Å². The fraction of sp³-hybridized carbons (Fsp3) is 0. The predicted molar refractivity (Wildman–Crippen MR) is 52.2 cm³/mol. The average Bonchev–Trinajstić information content (AvgIpc) is 2.19. The van der Waals surface area contributed by atoms with Crippen molar-refractivity contribution in [2.45, 2.75) is 0 Å². The summed E-state index contributed by atoms with van der Waals surface area (Å²) in [4.78, 5) is 3.78. The number of allylic oxidation sites excluding steroid dienone is 1. The van der Waals surface area contributed by atoms with E-state index < -0.39 is 0 Å². The molecular formula is C9H5ClN4. The van der Waals surface area contributed by atoms with Crippen LogP contribution in [0.2, 0.25) is 5.15 Å². The summed E-state index contributed by atoms with van der Waals surface area (Å²) in [6.45, 7) is 0. The molecule has 0 aliphatic rings. The van der Waals surface area contributed by atoms with Gasteiger partial charge in [-0.25, -0.2) is 4.98 Å². The Hall–Kier alpha value is -2.04. The van der Waals surface area contributed by atoms with E-state index in [1.165, 1.54) is 12.4 Å². The summed E-state index contributed by atoms with van der Waals surface area (Å²) < 4.78 is 0. The molecule has 68 valence electrons. The maximum Gasteiger partial charge on any atom is 0.145 e. The van der Waals surface area contributed by atoms with Gasteiger partial charge in [-0.15, -0.1) is 0 Å². The van der Waals surface area contributed by atoms with Gasteiger partial charge in [0.05, 0.1) is 0 Å². The van der Waals surface area contributed by atoms with Crippen LogP contribution in [-0.2, 0) is 0 Å². The van der Waals surface area contributed by atoms with Crippen molar-refractivity contribution < 1.29 is 0 Å². The Bertz CT molecular complexity index is 423. The number of nitriles is 2. The molecule has 0 spiro atoms. The van der Waals surface area contributed by atoms with Gasteiger partial charge in [-0.1, -0.05) is 11.6 Å². The Kier molecular flexibility index (Phi) is 3.49. The molecule has 1 heterocycles. The Morgan fingerprint density at radius 2 is 2.21 bits per heavy atom. The fourth-order valence-corrected chi connectivity index (χ4v) is 0.911. The molecule has 0 aliphatic heterocycles. The SMILES string of the molecule is N#CC(C#N)=CNc1ccnc(Cl)c1. The van der Waals surface area contributed by atoms with Gasteiger partial charge >= 0.3 is 0 Å². The van der Waals surface area contributed by atoms with Gasteiger partial charge in [0.1, 0.15) is 22.9 Å². The van der Waals surface area contributed by atoms with Crippen molar-refractivity contribution in [2.24, 2.45) is 0 Å². The molecule has 1 N–H and O–H groups in total. The minimum absolute atomic E-state index is 0.00191. The number of rotatable bonds is 2. The van der Waals surface area contributed by atoms with E-state index in [-0.39, 0.29) is 5.57 Å². The summed E-state index contributed by atoms with van der Waals surface area (Å²) in [5.74, 6) is 0. The van der Waals surface area contributed by atoms with Gasteiger partial charge in [0.2, 0.25) is 0 Å². The van der Waals surface area contributed by atoms with E-state index in [1.54, 1.807) is 24.3 Å². The van der Waals surface area contributed by atoms with Crippen LogP contribution in [0.4, 0.5) is 5.69 Å². The molecule has 1 aromatic rings. The molecule has 0 radical (unpaired) electrons. The molecular weight excluding hydrogens is 200 g/mol. The number of aromatic nitrogens is 1. The first kappa shape index (κ1) is 10.0. The second-order valence-corrected chi connectivity index (χ2v) is 2.68. The number of nitrogens with zero attached hydrogens (tertiary/aromatic N) is 3. The van der Waals surface area contributed by atoms with Gasteiger partial charge in [-0.05, 0) is 12.1 Å². The molecule has 14 heavy (non-hydrogen) atoms. The molecule has 0 atom stereocenters. The van der Waals surface area contributed by atoms with E-state index in [4.69, 9.17) is 22.1 Å². The fourth-order valence-electron chi connectivity index (χ4n) is 0.737. The molecule has 0 saturated carbocycles. The zero-order valence-corrected chi connectivity index (χ0v) is 7.78. The van der Waals surface area contributed by atoms with Crippen molar-refractivity contribution >= 4 is 17.3 Å². The van der Waals surface area contributed by atoms with E-state index in [0.29, 0.717) is 10.8 Å². The maximum absolute atomic E-state index is 8.44. The summed E-state index contributed by atoms with van der Waals surface area (Å²) in [7, 11) is 0. The van der Waals surface area contributed by atoms with E-state index in [9.17, 15) is 0 Å². The van der Waals surface area contributed by atoms with Crippen LogP contribution in [0, 0.1) is 22.7 Å². The molecule has 1 aromatic heterocycles. The normalized spacial score (nSPS) is 8.21. The molecule has 1 rings (SSSR count). The molecule has 0 aromatic carbocycles. The molecule has 0 saturated heterocycles. The quantitative estimate of drug-likeness (QED) is 0.591. The Morgan fingerprint density at radius 3 is 2.79 bits per heavy atom. The second kappa shape index (κ2) is 4.86. The highest BCUT2D eigenvalue weighted by Crippen LogP contribution is 2.11. The highest BCUT2D eigenvalue weighted by atomic mass is 35.5. The summed E-state index contributed by atoms with van der Waals surface area (Å²) >= 11 is 5.63. The third kappa shape index (κ3) is 2.78. The van der Waals surface area contributed by atoms with Crippen molar-refractivity contribution in [1.82, 2.24) is 4.98 Å². The summed E-state index contributed by atoms with van der Waals surface area (Å²) in [5.41, 5.74) is 0.672. The van der Waals surface area contributed by atoms with Crippen LogP contribution in [0.25, 0.3) is 0 Å². The number of hydrogen-bond donors (Lipinski definition) is 1. The van der Waals surface area contributed by atoms with Gasteiger partial charge in [0, 0.05) is 18.1 Å². The molecule has 0 bridgehead atoms.